The Balaban J connectivity index is 1.65. The molecule has 0 aliphatic heterocycles. The average Bonchev–Trinajstić information content (AvgIpc) is 3.30. The van der Waals surface area contributed by atoms with E-state index >= 15 is 0 Å². The summed E-state index contributed by atoms with van der Waals surface area (Å²) in [6.07, 6.45) is 2.59. The minimum absolute atomic E-state index is 0.236. The van der Waals surface area contributed by atoms with Gasteiger partial charge in [-0.2, -0.15) is 5.10 Å². The van der Waals surface area contributed by atoms with Gasteiger partial charge in [0.05, 0.1) is 11.3 Å². The molecule has 1 N–H and O–H groups in total. The number of aryl methyl sites for hydroxylation is 2. The maximum atomic E-state index is 12.1. The van der Waals surface area contributed by atoms with Crippen LogP contribution in [-0.4, -0.2) is 38.8 Å². The van der Waals surface area contributed by atoms with E-state index < -0.39 is 12.1 Å². The van der Waals surface area contributed by atoms with Gasteiger partial charge in [-0.05, 0) is 51.8 Å². The highest BCUT2D eigenvalue weighted by Crippen LogP contribution is 2.19. The summed E-state index contributed by atoms with van der Waals surface area (Å²) in [6.45, 7) is 5.40. The van der Waals surface area contributed by atoms with Gasteiger partial charge in [0.25, 0.3) is 5.91 Å². The maximum Gasteiger partial charge on any atom is 0.340 e. The van der Waals surface area contributed by atoms with Gasteiger partial charge in [-0.3, -0.25) is 4.79 Å². The Morgan fingerprint density at radius 1 is 1.33 bits per heavy atom. The first-order chi connectivity index (χ1) is 11.4. The number of hydrogen-bond donors (Lipinski definition) is 1. The largest absolute Gasteiger partial charge is 0.449 e. The fourth-order valence-corrected chi connectivity index (χ4v) is 2.32. The Morgan fingerprint density at radius 3 is 2.62 bits per heavy atom. The zero-order valence-electron chi connectivity index (χ0n) is 13.9. The van der Waals surface area contributed by atoms with Gasteiger partial charge in [0.15, 0.2) is 11.9 Å². The molecule has 1 aliphatic rings. The van der Waals surface area contributed by atoms with Gasteiger partial charge in [-0.1, -0.05) is 0 Å². The van der Waals surface area contributed by atoms with Crippen LogP contribution in [0.5, 0.6) is 0 Å². The lowest BCUT2D eigenvalue weighted by Gasteiger charge is -2.13. The molecule has 2 heterocycles. The van der Waals surface area contributed by atoms with Crippen LogP contribution in [0.1, 0.15) is 41.5 Å². The SMILES string of the molecule is Cc1cc(C)n(-c2ccc(C(=O)OC(C)C(=O)NC3CC3)cn2)n1. The molecule has 1 amide bonds. The van der Waals surface area contributed by atoms with Gasteiger partial charge in [0.1, 0.15) is 0 Å². The monoisotopic (exact) mass is 328 g/mol. The minimum atomic E-state index is -0.825. The first-order valence-corrected chi connectivity index (χ1v) is 7.95. The fourth-order valence-electron chi connectivity index (χ4n) is 2.32. The zero-order chi connectivity index (χ0) is 17.3. The summed E-state index contributed by atoms with van der Waals surface area (Å²) >= 11 is 0. The molecule has 7 nitrogen and oxygen atoms in total. The van der Waals surface area contributed by atoms with Crippen molar-refractivity contribution in [2.45, 2.75) is 45.8 Å². The number of carbonyl (C=O) groups is 2. The van der Waals surface area contributed by atoms with Crippen LogP contribution in [0.2, 0.25) is 0 Å². The third-order valence-corrected chi connectivity index (χ3v) is 3.79. The number of esters is 1. The highest BCUT2D eigenvalue weighted by Gasteiger charge is 2.27. The number of hydrogen-bond acceptors (Lipinski definition) is 5. The van der Waals surface area contributed by atoms with Gasteiger partial charge in [0.2, 0.25) is 0 Å². The smallest absolute Gasteiger partial charge is 0.340 e. The predicted molar refractivity (Wildman–Crippen MR) is 86.9 cm³/mol. The summed E-state index contributed by atoms with van der Waals surface area (Å²) in [5.74, 6) is -0.212. The summed E-state index contributed by atoms with van der Waals surface area (Å²) < 4.78 is 6.89. The highest BCUT2D eigenvalue weighted by atomic mass is 16.5. The van der Waals surface area contributed by atoms with Gasteiger partial charge in [-0.15, -0.1) is 0 Å². The van der Waals surface area contributed by atoms with E-state index in [2.05, 4.69) is 15.4 Å². The van der Waals surface area contributed by atoms with Gasteiger partial charge in [-0.25, -0.2) is 14.5 Å². The molecule has 1 unspecified atom stereocenters. The first kappa shape index (κ1) is 16.2. The van der Waals surface area contributed by atoms with E-state index in [-0.39, 0.29) is 11.9 Å². The van der Waals surface area contributed by atoms with Gasteiger partial charge >= 0.3 is 5.97 Å². The third-order valence-electron chi connectivity index (χ3n) is 3.79. The Kier molecular flexibility index (Phi) is 4.33. The molecule has 1 atom stereocenters. The van der Waals surface area contributed by atoms with E-state index in [1.807, 2.05) is 19.9 Å². The summed E-state index contributed by atoms with van der Waals surface area (Å²) in [6, 6.07) is 5.50. The Bertz CT molecular complexity index is 763. The molecule has 7 heteroatoms. The van der Waals surface area contributed by atoms with Crippen LogP contribution in [0.3, 0.4) is 0 Å². The summed E-state index contributed by atoms with van der Waals surface area (Å²) in [4.78, 5) is 28.2. The molecule has 1 saturated carbocycles. The molecule has 126 valence electrons. The Labute approximate surface area is 140 Å². The van der Waals surface area contributed by atoms with Crippen molar-refractivity contribution in [3.63, 3.8) is 0 Å². The lowest BCUT2D eigenvalue weighted by atomic mass is 10.2. The summed E-state index contributed by atoms with van der Waals surface area (Å²) in [5, 5.41) is 7.15. The topological polar surface area (TPSA) is 86.1 Å². The van der Waals surface area contributed by atoms with Crippen molar-refractivity contribution in [3.05, 3.63) is 41.3 Å². The van der Waals surface area contributed by atoms with Gasteiger partial charge < -0.3 is 10.1 Å². The molecule has 2 aromatic heterocycles. The van der Waals surface area contributed by atoms with Crippen molar-refractivity contribution in [2.24, 2.45) is 0 Å². The molecule has 0 spiro atoms. The first-order valence-electron chi connectivity index (χ1n) is 7.95. The second kappa shape index (κ2) is 6.43. The quantitative estimate of drug-likeness (QED) is 0.845. The number of rotatable bonds is 5. The molecular weight excluding hydrogens is 308 g/mol. The van der Waals surface area contributed by atoms with Crippen LogP contribution in [-0.2, 0) is 9.53 Å². The molecule has 1 aliphatic carbocycles. The Hall–Kier alpha value is -2.70. The molecule has 24 heavy (non-hydrogen) atoms. The van der Waals surface area contributed by atoms with E-state index in [4.69, 9.17) is 4.74 Å². The number of nitrogens with one attached hydrogen (secondary N) is 1. The predicted octanol–water partition coefficient (Wildman–Crippen LogP) is 1.71. The standard InChI is InChI=1S/C17H20N4O3/c1-10-8-11(2)21(20-10)15-7-4-13(9-18-15)17(23)24-12(3)16(22)19-14-5-6-14/h4,7-9,12,14H,5-6H2,1-3H3,(H,19,22). The van der Waals surface area contributed by atoms with Crippen molar-refractivity contribution >= 4 is 11.9 Å². The normalized spacial score (nSPS) is 15.0. The third kappa shape index (κ3) is 3.61. The number of nitrogens with zero attached hydrogens (tertiary/aromatic N) is 3. The number of aromatic nitrogens is 3. The number of amides is 1. The maximum absolute atomic E-state index is 12.1. The van der Waals surface area contributed by atoms with E-state index in [0.29, 0.717) is 11.4 Å². The number of ether oxygens (including phenoxy) is 1. The van der Waals surface area contributed by atoms with Crippen molar-refractivity contribution < 1.29 is 14.3 Å². The molecule has 1 fully saturated rings. The Morgan fingerprint density at radius 2 is 2.08 bits per heavy atom. The van der Waals surface area contributed by atoms with Crippen LogP contribution in [0, 0.1) is 13.8 Å². The fraction of sp³-hybridized carbons (Fsp3) is 0.412. The van der Waals surface area contributed by atoms with Crippen molar-refractivity contribution in [1.29, 1.82) is 0 Å². The van der Waals surface area contributed by atoms with Crippen LogP contribution in [0.4, 0.5) is 0 Å². The van der Waals surface area contributed by atoms with E-state index in [9.17, 15) is 9.59 Å². The molecule has 2 aromatic rings. The number of carbonyl (C=O) groups excluding carboxylic acids is 2. The second-order valence-corrected chi connectivity index (χ2v) is 6.07. The molecular formula is C17H20N4O3. The van der Waals surface area contributed by atoms with Crippen LogP contribution in [0.25, 0.3) is 5.82 Å². The average molecular weight is 328 g/mol. The van der Waals surface area contributed by atoms with E-state index in [1.54, 1.807) is 23.7 Å². The highest BCUT2D eigenvalue weighted by molar-refractivity contribution is 5.92. The van der Waals surface area contributed by atoms with E-state index in [1.165, 1.54) is 6.20 Å². The van der Waals surface area contributed by atoms with Crippen molar-refractivity contribution in [3.8, 4) is 5.82 Å². The lowest BCUT2D eigenvalue weighted by molar-refractivity contribution is -0.129. The summed E-state index contributed by atoms with van der Waals surface area (Å²) in [7, 11) is 0. The van der Waals surface area contributed by atoms with Crippen LogP contribution < -0.4 is 5.32 Å². The summed E-state index contributed by atoms with van der Waals surface area (Å²) in [5.41, 5.74) is 2.15. The van der Waals surface area contributed by atoms with Crippen LogP contribution in [0.15, 0.2) is 24.4 Å². The zero-order valence-corrected chi connectivity index (χ0v) is 13.9. The lowest BCUT2D eigenvalue weighted by Crippen LogP contribution is -2.37. The molecule has 0 saturated heterocycles. The van der Waals surface area contributed by atoms with Crippen LogP contribution >= 0.6 is 0 Å². The number of pyridine rings is 1. The molecule has 3 rings (SSSR count). The molecule has 0 aromatic carbocycles. The molecule has 0 radical (unpaired) electrons. The van der Waals surface area contributed by atoms with Crippen molar-refractivity contribution in [1.82, 2.24) is 20.1 Å². The van der Waals surface area contributed by atoms with Gasteiger partial charge in [0, 0.05) is 17.9 Å². The molecule has 0 bridgehead atoms. The second-order valence-electron chi connectivity index (χ2n) is 6.07. The van der Waals surface area contributed by atoms with Crippen molar-refractivity contribution in [2.75, 3.05) is 0 Å². The van der Waals surface area contributed by atoms with E-state index in [0.717, 1.165) is 24.2 Å². The minimum Gasteiger partial charge on any atom is -0.449 e.